The summed E-state index contributed by atoms with van der Waals surface area (Å²) in [7, 11) is -3.62. The first kappa shape index (κ1) is 23.7. The van der Waals surface area contributed by atoms with Gasteiger partial charge in [-0.15, -0.1) is 0 Å². The van der Waals surface area contributed by atoms with Gasteiger partial charge in [0, 0.05) is 17.6 Å². The molecule has 1 aliphatic carbocycles. The van der Waals surface area contributed by atoms with Gasteiger partial charge in [-0.05, 0) is 85.2 Å². The van der Waals surface area contributed by atoms with Crippen LogP contribution in [-0.2, 0) is 29.3 Å². The summed E-state index contributed by atoms with van der Waals surface area (Å²) >= 11 is 5.88. The van der Waals surface area contributed by atoms with Crippen LogP contribution in [0.2, 0.25) is 5.02 Å². The summed E-state index contributed by atoms with van der Waals surface area (Å²) in [6.45, 7) is 0.375. The van der Waals surface area contributed by atoms with Crippen molar-refractivity contribution in [1.29, 1.82) is 0 Å². The van der Waals surface area contributed by atoms with E-state index in [1.165, 1.54) is 28.2 Å². The largest absolute Gasteiger partial charge is 0.274 e. The molecular formula is C27H25ClN2O4S. The Morgan fingerprint density at radius 3 is 2.29 bits per heavy atom. The fourth-order valence-corrected chi connectivity index (χ4v) is 6.39. The molecule has 1 unspecified atom stereocenters. The van der Waals surface area contributed by atoms with Gasteiger partial charge in [0.1, 0.15) is 0 Å². The molecule has 1 heterocycles. The van der Waals surface area contributed by atoms with E-state index in [-0.39, 0.29) is 22.8 Å². The molecule has 6 nitrogen and oxygen atoms in total. The van der Waals surface area contributed by atoms with Crippen LogP contribution in [0.1, 0.15) is 50.2 Å². The normalized spacial score (nSPS) is 17.4. The molecule has 3 aromatic rings. The molecule has 0 aromatic heterocycles. The Morgan fingerprint density at radius 1 is 0.914 bits per heavy atom. The average Bonchev–Trinajstić information content (AvgIpc) is 3.09. The van der Waals surface area contributed by atoms with E-state index >= 15 is 0 Å². The van der Waals surface area contributed by atoms with Crippen LogP contribution >= 0.6 is 11.6 Å². The zero-order valence-corrected chi connectivity index (χ0v) is 20.6. The summed E-state index contributed by atoms with van der Waals surface area (Å²) in [5.74, 6) is -0.451. The Bertz CT molecular complexity index is 1370. The number of carbonyl (C=O) groups is 2. The Morgan fingerprint density at radius 2 is 1.60 bits per heavy atom. The number of nitrogens with zero attached hydrogens (tertiary/aromatic N) is 1. The maximum atomic E-state index is 12.8. The summed E-state index contributed by atoms with van der Waals surface area (Å²) < 4.78 is 28.4. The van der Waals surface area contributed by atoms with Crippen LogP contribution in [0.25, 0.3) is 0 Å². The highest BCUT2D eigenvalue weighted by Crippen LogP contribution is 2.28. The number of benzene rings is 3. The van der Waals surface area contributed by atoms with Crippen LogP contribution < -0.4 is 4.72 Å². The second-order valence-corrected chi connectivity index (χ2v) is 11.1. The van der Waals surface area contributed by atoms with E-state index in [9.17, 15) is 18.0 Å². The average molecular weight is 509 g/mol. The number of amides is 2. The molecule has 5 rings (SSSR count). The summed E-state index contributed by atoms with van der Waals surface area (Å²) in [5, 5.41) is 0.492. The fourth-order valence-electron chi connectivity index (χ4n) is 4.99. The van der Waals surface area contributed by atoms with Gasteiger partial charge >= 0.3 is 0 Å². The van der Waals surface area contributed by atoms with Crippen molar-refractivity contribution in [3.05, 3.63) is 99.6 Å². The summed E-state index contributed by atoms with van der Waals surface area (Å²) in [6, 6.07) is 19.0. The predicted molar refractivity (Wildman–Crippen MR) is 134 cm³/mol. The molecule has 1 atom stereocenters. The number of imide groups is 1. The molecule has 0 saturated heterocycles. The summed E-state index contributed by atoms with van der Waals surface area (Å²) in [4.78, 5) is 26.7. The topological polar surface area (TPSA) is 83.6 Å². The highest BCUT2D eigenvalue weighted by atomic mass is 35.5. The van der Waals surface area contributed by atoms with Crippen molar-refractivity contribution in [2.45, 2.75) is 43.0 Å². The van der Waals surface area contributed by atoms with Crippen molar-refractivity contribution in [2.75, 3.05) is 6.54 Å². The van der Waals surface area contributed by atoms with E-state index in [0.717, 1.165) is 18.4 Å². The molecular weight excluding hydrogens is 484 g/mol. The zero-order chi connectivity index (χ0) is 24.6. The number of nitrogens with one attached hydrogen (secondary N) is 1. The minimum absolute atomic E-state index is 0.184. The quantitative estimate of drug-likeness (QED) is 0.479. The van der Waals surface area contributed by atoms with Crippen molar-refractivity contribution < 1.29 is 18.0 Å². The van der Waals surface area contributed by atoms with E-state index in [0.29, 0.717) is 42.0 Å². The first-order chi connectivity index (χ1) is 16.8. The number of hydrogen-bond donors (Lipinski definition) is 1. The van der Waals surface area contributed by atoms with Gasteiger partial charge in [-0.3, -0.25) is 14.5 Å². The number of hydrogen-bond acceptors (Lipinski definition) is 4. The molecule has 1 aliphatic heterocycles. The lowest BCUT2D eigenvalue weighted by molar-refractivity contribution is 0.0652. The number of rotatable bonds is 7. The maximum Gasteiger partial charge on any atom is 0.261 e. The second-order valence-electron chi connectivity index (χ2n) is 8.98. The molecule has 0 radical (unpaired) electrons. The van der Waals surface area contributed by atoms with Gasteiger partial charge in [-0.25, -0.2) is 13.1 Å². The van der Waals surface area contributed by atoms with Gasteiger partial charge in [0.2, 0.25) is 10.0 Å². The maximum absolute atomic E-state index is 12.8. The third-order valence-corrected chi connectivity index (χ3v) is 8.52. The molecule has 0 spiro atoms. The molecule has 0 fully saturated rings. The third-order valence-electron chi connectivity index (χ3n) is 6.73. The Hall–Kier alpha value is -3.00. The van der Waals surface area contributed by atoms with Crippen molar-refractivity contribution in [1.82, 2.24) is 9.62 Å². The molecule has 0 saturated carbocycles. The van der Waals surface area contributed by atoms with E-state index in [4.69, 9.17) is 11.6 Å². The third kappa shape index (κ3) is 4.76. The van der Waals surface area contributed by atoms with E-state index < -0.39 is 10.0 Å². The molecule has 1 N–H and O–H groups in total. The van der Waals surface area contributed by atoms with Gasteiger partial charge in [0.25, 0.3) is 11.8 Å². The van der Waals surface area contributed by atoms with Crippen molar-refractivity contribution >= 4 is 33.4 Å². The van der Waals surface area contributed by atoms with Crippen LogP contribution in [0.4, 0.5) is 0 Å². The van der Waals surface area contributed by atoms with Crippen molar-refractivity contribution in [3.63, 3.8) is 0 Å². The minimum atomic E-state index is -3.62. The SMILES string of the molecule is O=C1c2ccccc2C(=O)N1CCCc1cccc2c1CCC(NS(=O)(=O)c1ccc(Cl)cc1)C2. The van der Waals surface area contributed by atoms with Crippen LogP contribution in [0, 0.1) is 0 Å². The lowest BCUT2D eigenvalue weighted by Gasteiger charge is -2.27. The first-order valence-electron chi connectivity index (χ1n) is 11.7. The Labute approximate surface area is 210 Å². The first-order valence-corrected chi connectivity index (χ1v) is 13.5. The molecule has 0 bridgehead atoms. The minimum Gasteiger partial charge on any atom is -0.274 e. The lowest BCUT2D eigenvalue weighted by atomic mass is 9.85. The van der Waals surface area contributed by atoms with Gasteiger partial charge in [0.05, 0.1) is 16.0 Å². The van der Waals surface area contributed by atoms with Crippen LogP contribution in [-0.4, -0.2) is 37.7 Å². The number of fused-ring (bicyclic) bond motifs is 2. The van der Waals surface area contributed by atoms with Gasteiger partial charge in [-0.1, -0.05) is 41.9 Å². The summed E-state index contributed by atoms with van der Waals surface area (Å²) in [5.41, 5.74) is 4.52. The van der Waals surface area contributed by atoms with Crippen molar-refractivity contribution in [2.24, 2.45) is 0 Å². The predicted octanol–water partition coefficient (Wildman–Crippen LogP) is 4.40. The van der Waals surface area contributed by atoms with E-state index in [1.807, 2.05) is 12.1 Å². The molecule has 180 valence electrons. The van der Waals surface area contributed by atoms with Crippen LogP contribution in [0.3, 0.4) is 0 Å². The van der Waals surface area contributed by atoms with Crippen LogP contribution in [0.5, 0.6) is 0 Å². The van der Waals surface area contributed by atoms with E-state index in [2.05, 4.69) is 10.8 Å². The molecule has 2 amide bonds. The van der Waals surface area contributed by atoms with Crippen molar-refractivity contribution in [3.8, 4) is 0 Å². The van der Waals surface area contributed by atoms with E-state index in [1.54, 1.807) is 36.4 Å². The summed E-state index contributed by atoms with van der Waals surface area (Å²) in [6.07, 6.45) is 3.52. The number of carbonyl (C=O) groups excluding carboxylic acids is 2. The molecule has 35 heavy (non-hydrogen) atoms. The van der Waals surface area contributed by atoms with Crippen LogP contribution in [0.15, 0.2) is 71.6 Å². The number of sulfonamides is 1. The Kier molecular flexibility index (Phi) is 6.49. The second kappa shape index (κ2) is 9.57. The van der Waals surface area contributed by atoms with Gasteiger partial charge < -0.3 is 0 Å². The Balaban J connectivity index is 1.22. The lowest BCUT2D eigenvalue weighted by Crippen LogP contribution is -2.39. The zero-order valence-electron chi connectivity index (χ0n) is 19.0. The standard InChI is InChI=1S/C27H25ClN2O4S/c28-20-10-13-22(14-11-20)35(33,34)29-21-12-15-23-18(5-3-6-19(23)17-21)7-4-16-30-26(31)24-8-1-2-9-25(24)27(30)32/h1-3,5-6,8-11,13-14,21,29H,4,7,12,15-17H2. The molecule has 3 aromatic carbocycles. The number of halogens is 1. The monoisotopic (exact) mass is 508 g/mol. The highest BCUT2D eigenvalue weighted by Gasteiger charge is 2.34. The highest BCUT2D eigenvalue weighted by molar-refractivity contribution is 7.89. The number of aryl methyl sites for hydroxylation is 1. The van der Waals surface area contributed by atoms with Gasteiger partial charge in [-0.2, -0.15) is 0 Å². The fraction of sp³-hybridized carbons (Fsp3) is 0.259. The molecule has 8 heteroatoms. The molecule has 2 aliphatic rings. The smallest absolute Gasteiger partial charge is 0.261 e. The van der Waals surface area contributed by atoms with Gasteiger partial charge in [0.15, 0.2) is 0 Å².